The van der Waals surface area contributed by atoms with Crippen molar-refractivity contribution in [1.29, 1.82) is 0 Å². The number of hydrogen-bond acceptors (Lipinski definition) is 4. The third-order valence-electron chi connectivity index (χ3n) is 3.24. The van der Waals surface area contributed by atoms with Gasteiger partial charge in [-0.2, -0.15) is 0 Å². The highest BCUT2D eigenvalue weighted by atomic mass is 35.5. The fraction of sp³-hybridized carbons (Fsp3) is 0.692. The normalized spacial score (nSPS) is 15.8. The maximum absolute atomic E-state index is 9.06. The van der Waals surface area contributed by atoms with E-state index in [1.807, 2.05) is 20.8 Å². The molecular weight excluding hydrogens is 250 g/mol. The van der Waals surface area contributed by atoms with E-state index in [2.05, 4.69) is 15.3 Å². The van der Waals surface area contributed by atoms with Crippen LogP contribution in [0.15, 0.2) is 0 Å². The summed E-state index contributed by atoms with van der Waals surface area (Å²) < 4.78 is 0. The number of aliphatic hydroxyl groups is 1. The Labute approximate surface area is 113 Å². The molecule has 1 heterocycles. The smallest absolute Gasteiger partial charge is 0.137 e. The molecular formula is C13H20ClN3O. The number of rotatable bonds is 5. The Morgan fingerprint density at radius 2 is 2.06 bits per heavy atom. The van der Waals surface area contributed by atoms with Crippen LogP contribution in [0.5, 0.6) is 0 Å². The zero-order chi connectivity index (χ0) is 13.3. The minimum Gasteiger partial charge on any atom is -0.396 e. The number of halogens is 1. The standard InChI is InChI=1S/C13H20ClN3O/c1-8-10(14)15-12(9-4-5-9)16-11(8)17-13(2,3)6-7-18/h9,18H,4-7H2,1-3H3,(H,15,16,17). The van der Waals surface area contributed by atoms with Gasteiger partial charge in [-0.15, -0.1) is 0 Å². The van der Waals surface area contributed by atoms with Crippen LogP contribution in [0.4, 0.5) is 5.82 Å². The monoisotopic (exact) mass is 269 g/mol. The molecule has 0 aliphatic heterocycles. The number of aliphatic hydroxyl groups excluding tert-OH is 1. The maximum Gasteiger partial charge on any atom is 0.137 e. The second-order valence-corrected chi connectivity index (χ2v) is 5.96. The molecule has 0 spiro atoms. The number of anilines is 1. The topological polar surface area (TPSA) is 58.0 Å². The number of nitrogens with zero attached hydrogens (tertiary/aromatic N) is 2. The SMILES string of the molecule is Cc1c(Cl)nc(C2CC2)nc1NC(C)(C)CCO. The summed E-state index contributed by atoms with van der Waals surface area (Å²) in [7, 11) is 0. The molecule has 1 aromatic rings. The first-order valence-corrected chi connectivity index (χ1v) is 6.74. The van der Waals surface area contributed by atoms with Gasteiger partial charge in [0.2, 0.25) is 0 Å². The van der Waals surface area contributed by atoms with Gasteiger partial charge in [-0.1, -0.05) is 11.6 Å². The van der Waals surface area contributed by atoms with Gasteiger partial charge in [0.25, 0.3) is 0 Å². The van der Waals surface area contributed by atoms with E-state index in [1.165, 1.54) is 0 Å². The van der Waals surface area contributed by atoms with Crippen molar-refractivity contribution in [1.82, 2.24) is 9.97 Å². The summed E-state index contributed by atoms with van der Waals surface area (Å²) in [5, 5.41) is 12.9. The molecule has 1 aliphatic carbocycles. The zero-order valence-corrected chi connectivity index (χ0v) is 11.9. The van der Waals surface area contributed by atoms with Gasteiger partial charge in [-0.05, 0) is 40.0 Å². The first kappa shape index (κ1) is 13.6. The molecule has 0 atom stereocenters. The van der Waals surface area contributed by atoms with Gasteiger partial charge in [0.1, 0.15) is 16.8 Å². The Balaban J connectivity index is 2.25. The predicted molar refractivity (Wildman–Crippen MR) is 73.2 cm³/mol. The van der Waals surface area contributed by atoms with Crippen LogP contribution in [0.25, 0.3) is 0 Å². The molecule has 2 rings (SSSR count). The third kappa shape index (κ3) is 3.12. The Bertz CT molecular complexity index is 444. The largest absolute Gasteiger partial charge is 0.396 e. The molecule has 1 aromatic heterocycles. The Hall–Kier alpha value is -0.870. The van der Waals surface area contributed by atoms with E-state index >= 15 is 0 Å². The summed E-state index contributed by atoms with van der Waals surface area (Å²) in [6.45, 7) is 6.13. The molecule has 1 saturated carbocycles. The Morgan fingerprint density at radius 1 is 1.39 bits per heavy atom. The summed E-state index contributed by atoms with van der Waals surface area (Å²) in [6.07, 6.45) is 2.96. The summed E-state index contributed by atoms with van der Waals surface area (Å²) >= 11 is 6.16. The first-order valence-electron chi connectivity index (χ1n) is 6.36. The van der Waals surface area contributed by atoms with E-state index in [0.717, 1.165) is 30.0 Å². The second kappa shape index (κ2) is 5.02. The Kier molecular flexibility index (Phi) is 3.78. The van der Waals surface area contributed by atoms with Crippen LogP contribution < -0.4 is 5.32 Å². The molecule has 5 heteroatoms. The van der Waals surface area contributed by atoms with E-state index in [-0.39, 0.29) is 12.1 Å². The van der Waals surface area contributed by atoms with Crippen molar-refractivity contribution in [2.24, 2.45) is 0 Å². The van der Waals surface area contributed by atoms with Crippen molar-refractivity contribution < 1.29 is 5.11 Å². The highest BCUT2D eigenvalue weighted by molar-refractivity contribution is 6.30. The maximum atomic E-state index is 9.06. The van der Waals surface area contributed by atoms with Crippen molar-refractivity contribution in [2.75, 3.05) is 11.9 Å². The fourth-order valence-electron chi connectivity index (χ4n) is 1.81. The van der Waals surface area contributed by atoms with E-state index < -0.39 is 0 Å². The van der Waals surface area contributed by atoms with Crippen molar-refractivity contribution >= 4 is 17.4 Å². The van der Waals surface area contributed by atoms with E-state index in [1.54, 1.807) is 0 Å². The molecule has 0 unspecified atom stereocenters. The van der Waals surface area contributed by atoms with Gasteiger partial charge in [-0.3, -0.25) is 0 Å². The molecule has 0 bridgehead atoms. The molecule has 100 valence electrons. The molecule has 0 aromatic carbocycles. The van der Waals surface area contributed by atoms with Gasteiger partial charge in [-0.25, -0.2) is 9.97 Å². The molecule has 0 amide bonds. The minimum atomic E-state index is -0.210. The lowest BCUT2D eigenvalue weighted by Crippen LogP contribution is -2.33. The minimum absolute atomic E-state index is 0.146. The van der Waals surface area contributed by atoms with Crippen molar-refractivity contribution in [3.8, 4) is 0 Å². The average Bonchev–Trinajstić information content (AvgIpc) is 3.07. The first-order chi connectivity index (χ1) is 8.43. The van der Waals surface area contributed by atoms with Gasteiger partial charge in [0.15, 0.2) is 0 Å². The van der Waals surface area contributed by atoms with E-state index in [0.29, 0.717) is 17.5 Å². The van der Waals surface area contributed by atoms with E-state index in [4.69, 9.17) is 16.7 Å². The van der Waals surface area contributed by atoms with Crippen molar-refractivity contribution in [2.45, 2.75) is 51.5 Å². The number of nitrogens with one attached hydrogen (secondary N) is 1. The average molecular weight is 270 g/mol. The van der Waals surface area contributed by atoms with Crippen LogP contribution in [-0.2, 0) is 0 Å². The molecule has 18 heavy (non-hydrogen) atoms. The number of hydrogen-bond donors (Lipinski definition) is 2. The van der Waals surface area contributed by atoms with Crippen molar-refractivity contribution in [3.05, 3.63) is 16.5 Å². The molecule has 0 saturated heterocycles. The lowest BCUT2D eigenvalue weighted by Gasteiger charge is -2.27. The lowest BCUT2D eigenvalue weighted by atomic mass is 10.0. The summed E-state index contributed by atoms with van der Waals surface area (Å²) in [6, 6.07) is 0. The molecule has 1 aliphatic rings. The van der Waals surface area contributed by atoms with Crippen LogP contribution >= 0.6 is 11.6 Å². The van der Waals surface area contributed by atoms with Crippen LogP contribution in [0.1, 0.15) is 50.4 Å². The van der Waals surface area contributed by atoms with Crippen LogP contribution in [0.2, 0.25) is 5.15 Å². The fourth-order valence-corrected chi connectivity index (χ4v) is 1.99. The third-order valence-corrected chi connectivity index (χ3v) is 3.61. The number of aromatic nitrogens is 2. The highest BCUT2D eigenvalue weighted by Gasteiger charge is 2.29. The van der Waals surface area contributed by atoms with Crippen molar-refractivity contribution in [3.63, 3.8) is 0 Å². The van der Waals surface area contributed by atoms with Gasteiger partial charge >= 0.3 is 0 Å². The quantitative estimate of drug-likeness (QED) is 0.807. The molecule has 2 N–H and O–H groups in total. The Morgan fingerprint density at radius 3 is 2.61 bits per heavy atom. The molecule has 0 radical (unpaired) electrons. The van der Waals surface area contributed by atoms with Crippen LogP contribution in [-0.4, -0.2) is 27.2 Å². The van der Waals surface area contributed by atoms with Crippen LogP contribution in [0.3, 0.4) is 0 Å². The summed E-state index contributed by atoms with van der Waals surface area (Å²) in [5.74, 6) is 2.10. The molecule has 1 fully saturated rings. The summed E-state index contributed by atoms with van der Waals surface area (Å²) in [5.41, 5.74) is 0.657. The zero-order valence-electron chi connectivity index (χ0n) is 11.1. The van der Waals surface area contributed by atoms with Gasteiger partial charge < -0.3 is 10.4 Å². The molecule has 4 nitrogen and oxygen atoms in total. The van der Waals surface area contributed by atoms with Gasteiger partial charge in [0, 0.05) is 23.6 Å². The lowest BCUT2D eigenvalue weighted by molar-refractivity contribution is 0.260. The highest BCUT2D eigenvalue weighted by Crippen LogP contribution is 2.39. The second-order valence-electron chi connectivity index (χ2n) is 5.60. The van der Waals surface area contributed by atoms with Crippen LogP contribution in [0, 0.1) is 6.92 Å². The predicted octanol–water partition coefficient (Wildman–Crippen LogP) is 2.89. The van der Waals surface area contributed by atoms with E-state index in [9.17, 15) is 0 Å². The van der Waals surface area contributed by atoms with Gasteiger partial charge in [0.05, 0.1) is 0 Å². The summed E-state index contributed by atoms with van der Waals surface area (Å²) in [4.78, 5) is 8.91.